The number of benzene rings is 2. The van der Waals surface area contributed by atoms with E-state index in [0.29, 0.717) is 21.8 Å². The first kappa shape index (κ1) is 20.5. The van der Waals surface area contributed by atoms with E-state index in [1.807, 2.05) is 25.1 Å². The van der Waals surface area contributed by atoms with Crippen molar-refractivity contribution in [1.29, 1.82) is 0 Å². The van der Waals surface area contributed by atoms with E-state index in [2.05, 4.69) is 5.32 Å². The van der Waals surface area contributed by atoms with Crippen LogP contribution in [0.3, 0.4) is 0 Å². The fraction of sp³-hybridized carbons (Fsp3) is 0.304. The van der Waals surface area contributed by atoms with Crippen LogP contribution in [0, 0.1) is 12.7 Å². The number of ether oxygens (including phenoxy) is 1. The number of amides is 1. The molecule has 1 aliphatic rings. The highest BCUT2D eigenvalue weighted by atomic mass is 32.2. The minimum atomic E-state index is -0.442. The number of aryl methyl sites for hydroxylation is 1. The van der Waals surface area contributed by atoms with Gasteiger partial charge in [-0.2, -0.15) is 0 Å². The van der Waals surface area contributed by atoms with Crippen LogP contribution in [0.4, 0.5) is 4.39 Å². The van der Waals surface area contributed by atoms with Crippen molar-refractivity contribution < 1.29 is 18.3 Å². The number of rotatable bonds is 5. The molecule has 0 spiro atoms. The summed E-state index contributed by atoms with van der Waals surface area (Å²) in [4.78, 5) is 25.7. The van der Waals surface area contributed by atoms with Crippen LogP contribution in [-0.2, 0) is 11.2 Å². The summed E-state index contributed by atoms with van der Waals surface area (Å²) >= 11 is 1.48. The minimum Gasteiger partial charge on any atom is -0.497 e. The lowest BCUT2D eigenvalue weighted by atomic mass is 10.0. The van der Waals surface area contributed by atoms with Crippen molar-refractivity contribution in [3.8, 4) is 5.75 Å². The molecular weight excluding hydrogens is 405 g/mol. The lowest BCUT2D eigenvalue weighted by molar-refractivity contribution is -0.121. The fourth-order valence-electron chi connectivity index (χ4n) is 3.83. The smallest absolute Gasteiger partial charge is 0.339 e. The van der Waals surface area contributed by atoms with Crippen molar-refractivity contribution in [2.24, 2.45) is 0 Å². The SMILES string of the molecule is COc1ccc2c(C)c(CCC(=O)NC3CCSc4c(F)cccc43)c(=O)oc2c1. The number of nitrogens with one attached hydrogen (secondary N) is 1. The highest BCUT2D eigenvalue weighted by Gasteiger charge is 2.24. The molecule has 1 unspecified atom stereocenters. The van der Waals surface area contributed by atoms with Gasteiger partial charge < -0.3 is 14.5 Å². The van der Waals surface area contributed by atoms with Crippen molar-refractivity contribution in [3.63, 3.8) is 0 Å². The topological polar surface area (TPSA) is 68.5 Å². The van der Waals surface area contributed by atoms with E-state index >= 15 is 0 Å². The monoisotopic (exact) mass is 427 g/mol. The van der Waals surface area contributed by atoms with Crippen molar-refractivity contribution >= 4 is 28.6 Å². The van der Waals surface area contributed by atoms with Gasteiger partial charge in [-0.05, 0) is 49.1 Å². The molecule has 0 saturated carbocycles. The maximum Gasteiger partial charge on any atom is 0.339 e. The first-order valence-corrected chi connectivity index (χ1v) is 10.8. The number of halogens is 1. The van der Waals surface area contributed by atoms with E-state index in [4.69, 9.17) is 9.15 Å². The number of hydrogen-bond acceptors (Lipinski definition) is 5. The Balaban J connectivity index is 1.49. The number of hydrogen-bond donors (Lipinski definition) is 1. The Labute approximate surface area is 177 Å². The van der Waals surface area contributed by atoms with E-state index in [-0.39, 0.29) is 30.6 Å². The predicted molar refractivity (Wildman–Crippen MR) is 115 cm³/mol. The molecule has 4 rings (SSSR count). The second kappa shape index (κ2) is 8.52. The van der Waals surface area contributed by atoms with Crippen LogP contribution in [0.2, 0.25) is 0 Å². The zero-order chi connectivity index (χ0) is 21.3. The van der Waals surface area contributed by atoms with Crippen LogP contribution in [0.1, 0.15) is 35.6 Å². The summed E-state index contributed by atoms with van der Waals surface area (Å²) in [5, 5.41) is 3.81. The zero-order valence-electron chi connectivity index (χ0n) is 16.8. The van der Waals surface area contributed by atoms with Gasteiger partial charge in [0.2, 0.25) is 5.91 Å². The Morgan fingerprint density at radius 3 is 2.97 bits per heavy atom. The van der Waals surface area contributed by atoms with Gasteiger partial charge in [0.05, 0.1) is 13.2 Å². The Morgan fingerprint density at radius 1 is 1.33 bits per heavy atom. The predicted octanol–water partition coefficient (Wildman–Crippen LogP) is 4.54. The first-order valence-electron chi connectivity index (χ1n) is 9.79. The normalized spacial score (nSPS) is 15.6. The van der Waals surface area contributed by atoms with Gasteiger partial charge in [-0.25, -0.2) is 9.18 Å². The highest BCUT2D eigenvalue weighted by Crippen LogP contribution is 2.37. The van der Waals surface area contributed by atoms with Crippen molar-refractivity contribution in [1.82, 2.24) is 5.32 Å². The standard InChI is InChI=1S/C23H22FNO4S/c1-13-15-7-6-14(28-2)12-20(15)29-23(27)16(13)8-9-21(26)25-19-10-11-30-22-17(19)4-3-5-18(22)24/h3-7,12,19H,8-11H2,1-2H3,(H,25,26). The van der Waals surface area contributed by atoms with Gasteiger partial charge in [0.25, 0.3) is 0 Å². The molecule has 0 radical (unpaired) electrons. The van der Waals surface area contributed by atoms with E-state index in [1.54, 1.807) is 19.2 Å². The maximum atomic E-state index is 14.0. The van der Waals surface area contributed by atoms with Gasteiger partial charge in [-0.15, -0.1) is 11.8 Å². The molecule has 0 fully saturated rings. The molecule has 5 nitrogen and oxygen atoms in total. The molecule has 1 aliphatic heterocycles. The molecule has 1 amide bonds. The maximum absolute atomic E-state index is 14.0. The highest BCUT2D eigenvalue weighted by molar-refractivity contribution is 7.99. The molecule has 0 bridgehead atoms. The first-order chi connectivity index (χ1) is 14.5. The minimum absolute atomic E-state index is 0.154. The molecule has 0 aliphatic carbocycles. The molecular formula is C23H22FNO4S. The Kier molecular flexibility index (Phi) is 5.81. The molecule has 2 aromatic carbocycles. The number of fused-ring (bicyclic) bond motifs is 2. The van der Waals surface area contributed by atoms with Crippen molar-refractivity contribution in [2.45, 2.75) is 37.1 Å². The average molecular weight is 427 g/mol. The van der Waals surface area contributed by atoms with Crippen LogP contribution in [0.25, 0.3) is 11.0 Å². The number of thioether (sulfide) groups is 1. The summed E-state index contributed by atoms with van der Waals surface area (Å²) in [6.45, 7) is 1.86. The number of carbonyl (C=O) groups is 1. The summed E-state index contributed by atoms with van der Waals surface area (Å²) in [5.74, 6) is 0.933. The third kappa shape index (κ3) is 3.94. The lowest BCUT2D eigenvalue weighted by Crippen LogP contribution is -2.31. The Hall–Kier alpha value is -2.80. The van der Waals surface area contributed by atoms with Gasteiger partial charge in [0.1, 0.15) is 17.1 Å². The average Bonchev–Trinajstić information content (AvgIpc) is 2.74. The van der Waals surface area contributed by atoms with Gasteiger partial charge in [0.15, 0.2) is 0 Å². The van der Waals surface area contributed by atoms with Crippen LogP contribution in [-0.4, -0.2) is 18.8 Å². The Morgan fingerprint density at radius 2 is 2.17 bits per heavy atom. The van der Waals surface area contributed by atoms with Crippen molar-refractivity contribution in [3.05, 3.63) is 69.3 Å². The van der Waals surface area contributed by atoms with E-state index < -0.39 is 5.63 Å². The summed E-state index contributed by atoms with van der Waals surface area (Å²) < 4.78 is 24.7. The summed E-state index contributed by atoms with van der Waals surface area (Å²) in [6, 6.07) is 10.1. The van der Waals surface area contributed by atoms with E-state index in [0.717, 1.165) is 28.7 Å². The van der Waals surface area contributed by atoms with Crippen LogP contribution < -0.4 is 15.7 Å². The molecule has 3 aromatic rings. The van der Waals surface area contributed by atoms with Gasteiger partial charge in [0, 0.05) is 34.1 Å². The van der Waals surface area contributed by atoms with Gasteiger partial charge >= 0.3 is 5.63 Å². The van der Waals surface area contributed by atoms with Crippen LogP contribution >= 0.6 is 11.8 Å². The summed E-state index contributed by atoms with van der Waals surface area (Å²) in [7, 11) is 1.55. The van der Waals surface area contributed by atoms with Crippen molar-refractivity contribution in [2.75, 3.05) is 12.9 Å². The van der Waals surface area contributed by atoms with Gasteiger partial charge in [-0.1, -0.05) is 12.1 Å². The summed E-state index contributed by atoms with van der Waals surface area (Å²) in [5.41, 5.74) is 2.13. The van der Waals surface area contributed by atoms with Crippen LogP contribution in [0.15, 0.2) is 50.5 Å². The van der Waals surface area contributed by atoms with Crippen LogP contribution in [0.5, 0.6) is 5.75 Å². The molecule has 1 atom stereocenters. The molecule has 1 N–H and O–H groups in total. The third-order valence-electron chi connectivity index (χ3n) is 5.46. The molecule has 0 saturated heterocycles. The molecule has 2 heterocycles. The summed E-state index contributed by atoms with van der Waals surface area (Å²) in [6.07, 6.45) is 1.17. The Bertz CT molecular complexity index is 1170. The van der Waals surface area contributed by atoms with Gasteiger partial charge in [-0.3, -0.25) is 4.79 Å². The second-order valence-corrected chi connectivity index (χ2v) is 8.38. The number of methoxy groups -OCH3 is 1. The lowest BCUT2D eigenvalue weighted by Gasteiger charge is -2.26. The van der Waals surface area contributed by atoms with E-state index in [1.165, 1.54) is 17.8 Å². The zero-order valence-corrected chi connectivity index (χ0v) is 17.6. The third-order valence-corrected chi connectivity index (χ3v) is 6.62. The van der Waals surface area contributed by atoms with E-state index in [9.17, 15) is 14.0 Å². The molecule has 1 aromatic heterocycles. The molecule has 30 heavy (non-hydrogen) atoms. The second-order valence-electron chi connectivity index (χ2n) is 7.27. The number of carbonyl (C=O) groups excluding carboxylic acids is 1. The largest absolute Gasteiger partial charge is 0.497 e. The fourth-order valence-corrected chi connectivity index (χ4v) is 4.97. The quantitative estimate of drug-likeness (QED) is 0.606. The molecule has 7 heteroatoms. The molecule has 156 valence electrons.